The van der Waals surface area contributed by atoms with Crippen LogP contribution in [0.4, 0.5) is 0 Å². The summed E-state index contributed by atoms with van der Waals surface area (Å²) in [6, 6.07) is 0. The Bertz CT molecular complexity index is 207. The van der Waals surface area contributed by atoms with Gasteiger partial charge in [0.05, 0.1) is 0 Å². The second kappa shape index (κ2) is 2.83. The van der Waals surface area contributed by atoms with Crippen molar-refractivity contribution in [1.82, 2.24) is 9.34 Å². The van der Waals surface area contributed by atoms with Gasteiger partial charge in [0, 0.05) is 31.8 Å². The van der Waals surface area contributed by atoms with E-state index in [1.165, 1.54) is 0 Å². The maximum absolute atomic E-state index is 12.5. The minimum absolute atomic E-state index is 0.363. The van der Waals surface area contributed by atoms with Crippen LogP contribution in [0.15, 0.2) is 0 Å². The van der Waals surface area contributed by atoms with Gasteiger partial charge in [-0.2, -0.15) is 0 Å². The van der Waals surface area contributed by atoms with E-state index in [9.17, 15) is 4.57 Å². The summed E-state index contributed by atoms with van der Waals surface area (Å²) >= 11 is 0. The van der Waals surface area contributed by atoms with Crippen molar-refractivity contribution in [1.29, 1.82) is 0 Å². The minimum atomic E-state index is -2.07. The lowest BCUT2D eigenvalue weighted by Gasteiger charge is -2.25. The zero-order chi connectivity index (χ0) is 8.77. The van der Waals surface area contributed by atoms with E-state index in [0.717, 1.165) is 32.6 Å². The van der Waals surface area contributed by atoms with Crippen LogP contribution in [0.2, 0.25) is 0 Å². The predicted octanol–water partition coefficient (Wildman–Crippen LogP) is 1.61. The molecule has 1 unspecified atom stereocenters. The summed E-state index contributed by atoms with van der Waals surface area (Å²) in [7, 11) is -2.07. The highest BCUT2D eigenvalue weighted by Gasteiger charge is 2.50. The van der Waals surface area contributed by atoms with Crippen LogP contribution in [-0.4, -0.2) is 41.2 Å². The lowest BCUT2D eigenvalue weighted by molar-refractivity contribution is 0.503. The molecule has 0 aromatic heterocycles. The average Bonchev–Trinajstić information content (AvgIpc) is 2.91. The van der Waals surface area contributed by atoms with Gasteiger partial charge in [-0.25, -0.2) is 9.34 Å². The monoisotopic (exact) mass is 188 g/mol. The first kappa shape index (κ1) is 8.74. The maximum Gasteiger partial charge on any atom is 0.219 e. The van der Waals surface area contributed by atoms with E-state index < -0.39 is 7.44 Å². The van der Waals surface area contributed by atoms with Crippen LogP contribution >= 0.6 is 7.44 Å². The van der Waals surface area contributed by atoms with E-state index in [4.69, 9.17) is 0 Å². The first-order valence-corrected chi connectivity index (χ1v) is 6.48. The van der Waals surface area contributed by atoms with Crippen molar-refractivity contribution in [2.45, 2.75) is 25.9 Å². The zero-order valence-electron chi connectivity index (χ0n) is 7.86. The average molecular weight is 188 g/mol. The van der Waals surface area contributed by atoms with Crippen molar-refractivity contribution in [3.05, 3.63) is 0 Å². The fraction of sp³-hybridized carbons (Fsp3) is 1.00. The molecule has 1 atom stereocenters. The highest BCUT2D eigenvalue weighted by Crippen LogP contribution is 2.64. The Balaban J connectivity index is 2.14. The van der Waals surface area contributed by atoms with Crippen molar-refractivity contribution in [3.8, 4) is 0 Å². The van der Waals surface area contributed by atoms with Crippen LogP contribution in [0.1, 0.15) is 20.3 Å². The zero-order valence-corrected chi connectivity index (χ0v) is 8.76. The molecule has 0 N–H and O–H groups in total. The summed E-state index contributed by atoms with van der Waals surface area (Å²) in [4.78, 5) is 0. The van der Waals surface area contributed by atoms with Gasteiger partial charge in [0.15, 0.2) is 0 Å². The molecule has 0 aliphatic carbocycles. The molecule has 4 heteroatoms. The lowest BCUT2D eigenvalue weighted by atomic mass is 10.4. The first-order chi connectivity index (χ1) is 5.69. The maximum atomic E-state index is 12.5. The van der Waals surface area contributed by atoms with Crippen molar-refractivity contribution in [3.63, 3.8) is 0 Å². The molecule has 2 aliphatic heterocycles. The van der Waals surface area contributed by atoms with Gasteiger partial charge in [-0.3, -0.25) is 4.57 Å². The lowest BCUT2D eigenvalue weighted by Crippen LogP contribution is -2.15. The molecule has 2 saturated heterocycles. The summed E-state index contributed by atoms with van der Waals surface area (Å²) in [6.45, 7) is 8.47. The molecule has 0 aromatic carbocycles. The molecule has 0 radical (unpaired) electrons. The molecule has 0 aromatic rings. The second-order valence-corrected chi connectivity index (χ2v) is 6.94. The van der Waals surface area contributed by atoms with E-state index in [-0.39, 0.29) is 0 Å². The molecule has 12 heavy (non-hydrogen) atoms. The summed E-state index contributed by atoms with van der Waals surface area (Å²) in [5.41, 5.74) is 0.363. The molecule has 2 rings (SSSR count). The Kier molecular flexibility index (Phi) is 2.06. The molecule has 70 valence electrons. The molecular formula is C8H17N2OP. The van der Waals surface area contributed by atoms with Gasteiger partial charge in [0.25, 0.3) is 0 Å². The van der Waals surface area contributed by atoms with Gasteiger partial charge in [-0.05, 0) is 6.42 Å². The fourth-order valence-corrected chi connectivity index (χ4v) is 4.91. The topological polar surface area (TPSA) is 23.1 Å². The molecular weight excluding hydrogens is 171 g/mol. The van der Waals surface area contributed by atoms with Gasteiger partial charge in [0.2, 0.25) is 7.44 Å². The Hall–Kier alpha value is 0.150. The molecule has 0 saturated carbocycles. The van der Waals surface area contributed by atoms with Crippen molar-refractivity contribution in [2.75, 3.05) is 26.2 Å². The number of hydrogen-bond donors (Lipinski definition) is 0. The van der Waals surface area contributed by atoms with Gasteiger partial charge < -0.3 is 0 Å². The van der Waals surface area contributed by atoms with Crippen molar-refractivity contribution >= 4 is 7.44 Å². The van der Waals surface area contributed by atoms with Crippen molar-refractivity contribution < 1.29 is 4.57 Å². The third kappa shape index (κ3) is 1.24. The molecule has 0 bridgehead atoms. The van der Waals surface area contributed by atoms with E-state index >= 15 is 0 Å². The van der Waals surface area contributed by atoms with Crippen LogP contribution in [0.5, 0.6) is 0 Å². The van der Waals surface area contributed by atoms with Crippen LogP contribution < -0.4 is 0 Å². The van der Waals surface area contributed by atoms with Crippen LogP contribution in [0, 0.1) is 0 Å². The van der Waals surface area contributed by atoms with E-state index in [1.807, 2.05) is 0 Å². The van der Waals surface area contributed by atoms with Crippen LogP contribution in [-0.2, 0) is 4.57 Å². The predicted molar refractivity (Wildman–Crippen MR) is 50.5 cm³/mol. The fourth-order valence-electron chi connectivity index (χ4n) is 1.64. The highest BCUT2D eigenvalue weighted by atomic mass is 31.2. The van der Waals surface area contributed by atoms with Gasteiger partial charge in [-0.1, -0.05) is 13.8 Å². The molecule has 2 heterocycles. The minimum Gasteiger partial charge on any atom is -0.288 e. The molecule has 0 amide bonds. The second-order valence-electron chi connectivity index (χ2n) is 3.75. The van der Waals surface area contributed by atoms with Gasteiger partial charge in [-0.15, -0.1) is 0 Å². The SMILES string of the molecule is CCC(C)P(=O)(N1CC1)N1CC1. The normalized spacial score (nSPS) is 27.2. The summed E-state index contributed by atoms with van der Waals surface area (Å²) in [6.07, 6.45) is 1.03. The van der Waals surface area contributed by atoms with E-state index in [1.54, 1.807) is 0 Å². The van der Waals surface area contributed by atoms with Crippen molar-refractivity contribution in [2.24, 2.45) is 0 Å². The van der Waals surface area contributed by atoms with Gasteiger partial charge in [0.1, 0.15) is 0 Å². The summed E-state index contributed by atoms with van der Waals surface area (Å²) < 4.78 is 16.8. The quantitative estimate of drug-likeness (QED) is 0.494. The standard InChI is InChI=1S/C8H17N2OP/c1-3-8(2)12(11,9-4-5-9)10-6-7-10/h8H,3-7H2,1-2H3. The largest absolute Gasteiger partial charge is 0.288 e. The molecule has 2 aliphatic rings. The summed E-state index contributed by atoms with van der Waals surface area (Å²) in [5, 5.41) is 0. The third-order valence-corrected chi connectivity index (χ3v) is 6.76. The van der Waals surface area contributed by atoms with Gasteiger partial charge >= 0.3 is 0 Å². The first-order valence-electron chi connectivity index (χ1n) is 4.80. The Morgan fingerprint density at radius 3 is 1.92 bits per heavy atom. The summed E-state index contributed by atoms with van der Waals surface area (Å²) in [5.74, 6) is 0. The van der Waals surface area contributed by atoms with Crippen LogP contribution in [0.3, 0.4) is 0 Å². The number of nitrogens with zero attached hydrogens (tertiary/aromatic N) is 2. The van der Waals surface area contributed by atoms with Crippen LogP contribution in [0.25, 0.3) is 0 Å². The number of hydrogen-bond acceptors (Lipinski definition) is 1. The van der Waals surface area contributed by atoms with E-state index in [0.29, 0.717) is 5.66 Å². The van der Waals surface area contributed by atoms with E-state index in [2.05, 4.69) is 23.2 Å². The molecule has 2 fully saturated rings. The Morgan fingerprint density at radius 2 is 1.67 bits per heavy atom. The highest BCUT2D eigenvalue weighted by molar-refractivity contribution is 7.60. The molecule has 0 spiro atoms. The number of rotatable bonds is 4. The molecule has 3 nitrogen and oxygen atoms in total. The third-order valence-electron chi connectivity index (χ3n) is 2.82. The Labute approximate surface area is 74.2 Å². The smallest absolute Gasteiger partial charge is 0.219 e. The Morgan fingerprint density at radius 1 is 1.25 bits per heavy atom.